The van der Waals surface area contributed by atoms with Crippen LogP contribution in [0.3, 0.4) is 0 Å². The molecule has 1 aromatic heterocycles. The molecule has 0 spiro atoms. The van der Waals surface area contributed by atoms with Crippen LogP contribution in [0.15, 0.2) is 46.0 Å². The van der Waals surface area contributed by atoms with Gasteiger partial charge in [-0.05, 0) is 40.2 Å². The Morgan fingerprint density at radius 3 is 2.58 bits per heavy atom. The second kappa shape index (κ2) is 5.22. The summed E-state index contributed by atoms with van der Waals surface area (Å²) in [6, 6.07) is 3.66. The second-order valence-corrected chi connectivity index (χ2v) is 6.14. The van der Waals surface area contributed by atoms with E-state index in [0.717, 1.165) is 12.1 Å². The predicted molar refractivity (Wildman–Crippen MR) is 69.1 cm³/mol. The Labute approximate surface area is 116 Å². The molecule has 0 saturated heterocycles. The number of hydrogen-bond donors (Lipinski definition) is 1. The molecule has 0 aliphatic rings. The first-order chi connectivity index (χ1) is 8.88. The van der Waals surface area contributed by atoms with Gasteiger partial charge in [-0.25, -0.2) is 17.2 Å². The van der Waals surface area contributed by atoms with Gasteiger partial charge in [0.1, 0.15) is 16.5 Å². The lowest BCUT2D eigenvalue weighted by Crippen LogP contribution is -2.15. The molecule has 2 rings (SSSR count). The lowest BCUT2D eigenvalue weighted by molar-refractivity contribution is 0.555. The molecule has 0 atom stereocenters. The molecular weight excluding hydrogens is 342 g/mol. The average Bonchev–Trinajstić information content (AvgIpc) is 2.31. The topological polar surface area (TPSA) is 59.1 Å². The molecule has 0 unspecified atom stereocenters. The molecule has 0 aliphatic heterocycles. The highest BCUT2D eigenvalue weighted by molar-refractivity contribution is 9.10. The predicted octanol–water partition coefficient (Wildman–Crippen LogP) is 2.92. The van der Waals surface area contributed by atoms with Crippen molar-refractivity contribution in [1.29, 1.82) is 0 Å². The van der Waals surface area contributed by atoms with E-state index in [4.69, 9.17) is 0 Å². The van der Waals surface area contributed by atoms with Crippen molar-refractivity contribution in [2.75, 3.05) is 4.72 Å². The first-order valence-electron chi connectivity index (χ1n) is 4.97. The van der Waals surface area contributed by atoms with Gasteiger partial charge in [0.05, 0.1) is 11.9 Å². The number of rotatable bonds is 3. The highest BCUT2D eigenvalue weighted by Crippen LogP contribution is 2.21. The summed E-state index contributed by atoms with van der Waals surface area (Å²) in [5, 5.41) is 0. The number of sulfonamides is 1. The lowest BCUT2D eigenvalue weighted by Gasteiger charge is -2.08. The fraction of sp³-hybridized carbons (Fsp3) is 0. The Balaban J connectivity index is 2.40. The summed E-state index contributed by atoms with van der Waals surface area (Å²) in [6.07, 6.45) is 2.71. The average molecular weight is 349 g/mol. The first kappa shape index (κ1) is 13.9. The summed E-state index contributed by atoms with van der Waals surface area (Å²) in [5.74, 6) is -1.87. The van der Waals surface area contributed by atoms with Gasteiger partial charge in [-0.2, -0.15) is 0 Å². The number of halogens is 3. The van der Waals surface area contributed by atoms with Gasteiger partial charge >= 0.3 is 0 Å². The quantitative estimate of drug-likeness (QED) is 0.927. The molecule has 1 N–H and O–H groups in total. The van der Waals surface area contributed by atoms with E-state index in [0.29, 0.717) is 10.5 Å². The van der Waals surface area contributed by atoms with Crippen molar-refractivity contribution in [3.63, 3.8) is 0 Å². The molecule has 0 fully saturated rings. The van der Waals surface area contributed by atoms with Crippen LogP contribution in [0, 0.1) is 11.6 Å². The molecule has 1 heterocycles. The minimum absolute atomic E-state index is 0.137. The van der Waals surface area contributed by atoms with E-state index < -0.39 is 26.6 Å². The van der Waals surface area contributed by atoms with E-state index in [-0.39, 0.29) is 5.69 Å². The number of aromatic nitrogens is 1. The Bertz CT molecular complexity index is 722. The third-order valence-electron chi connectivity index (χ3n) is 2.14. The van der Waals surface area contributed by atoms with Gasteiger partial charge in [-0.1, -0.05) is 0 Å². The number of anilines is 1. The zero-order valence-electron chi connectivity index (χ0n) is 9.27. The molecule has 8 heteroatoms. The Morgan fingerprint density at radius 1 is 1.16 bits per heavy atom. The van der Waals surface area contributed by atoms with Crippen LogP contribution in [-0.4, -0.2) is 13.4 Å². The van der Waals surface area contributed by atoms with Crippen molar-refractivity contribution in [3.05, 3.63) is 52.8 Å². The van der Waals surface area contributed by atoms with Crippen molar-refractivity contribution < 1.29 is 17.2 Å². The Morgan fingerprint density at radius 2 is 1.89 bits per heavy atom. The van der Waals surface area contributed by atoms with Gasteiger partial charge in [0, 0.05) is 10.7 Å². The van der Waals surface area contributed by atoms with Crippen LogP contribution in [0.1, 0.15) is 0 Å². The Kier molecular flexibility index (Phi) is 3.81. The van der Waals surface area contributed by atoms with Gasteiger partial charge in [-0.15, -0.1) is 0 Å². The van der Waals surface area contributed by atoms with E-state index in [1.54, 1.807) is 0 Å². The minimum atomic E-state index is -4.21. The summed E-state index contributed by atoms with van der Waals surface area (Å²) in [7, 11) is -4.21. The van der Waals surface area contributed by atoms with Gasteiger partial charge in [0.2, 0.25) is 0 Å². The van der Waals surface area contributed by atoms with Crippen molar-refractivity contribution >= 4 is 31.6 Å². The molecular formula is C11H7BrF2N2O2S. The van der Waals surface area contributed by atoms with Crippen LogP contribution in [0.4, 0.5) is 14.5 Å². The lowest BCUT2D eigenvalue weighted by atomic mass is 10.3. The molecule has 100 valence electrons. The molecule has 4 nitrogen and oxygen atoms in total. The van der Waals surface area contributed by atoms with Crippen LogP contribution in [0.2, 0.25) is 0 Å². The van der Waals surface area contributed by atoms with Gasteiger partial charge in [0.15, 0.2) is 0 Å². The van der Waals surface area contributed by atoms with Gasteiger partial charge in [0.25, 0.3) is 10.0 Å². The number of nitrogens with one attached hydrogen (secondary N) is 1. The van der Waals surface area contributed by atoms with E-state index in [9.17, 15) is 17.2 Å². The van der Waals surface area contributed by atoms with Crippen molar-refractivity contribution in [1.82, 2.24) is 4.98 Å². The largest absolute Gasteiger partial charge is 0.278 e. The summed E-state index contributed by atoms with van der Waals surface area (Å²) in [5.41, 5.74) is 0.137. The van der Waals surface area contributed by atoms with E-state index in [1.165, 1.54) is 18.5 Å². The van der Waals surface area contributed by atoms with Gasteiger partial charge in [-0.3, -0.25) is 9.71 Å². The summed E-state index contributed by atoms with van der Waals surface area (Å²) >= 11 is 3.12. The van der Waals surface area contributed by atoms with Crippen molar-refractivity contribution in [2.24, 2.45) is 0 Å². The summed E-state index contributed by atoms with van der Waals surface area (Å²) < 4.78 is 53.0. The zero-order chi connectivity index (χ0) is 14.0. The number of hydrogen-bond acceptors (Lipinski definition) is 3. The number of pyridine rings is 1. The first-order valence-corrected chi connectivity index (χ1v) is 7.24. The standard InChI is InChI=1S/C11H7BrF2N2O2S/c12-7-3-9(6-15-5-7)16-19(17,18)11-4-8(13)1-2-10(11)14/h1-6,16H. The van der Waals surface area contributed by atoms with Crippen LogP contribution < -0.4 is 4.72 Å². The van der Waals surface area contributed by atoms with E-state index in [2.05, 4.69) is 25.6 Å². The molecule has 1 aromatic carbocycles. The maximum atomic E-state index is 13.4. The fourth-order valence-corrected chi connectivity index (χ4v) is 2.85. The molecule has 0 saturated carbocycles. The fourth-order valence-electron chi connectivity index (χ4n) is 1.36. The highest BCUT2D eigenvalue weighted by atomic mass is 79.9. The Hall–Kier alpha value is -1.54. The van der Waals surface area contributed by atoms with E-state index >= 15 is 0 Å². The second-order valence-electron chi connectivity index (χ2n) is 3.57. The molecule has 0 amide bonds. The smallest absolute Gasteiger partial charge is 0.264 e. The molecule has 19 heavy (non-hydrogen) atoms. The third-order valence-corrected chi connectivity index (χ3v) is 3.97. The SMILES string of the molecule is O=S(=O)(Nc1cncc(Br)c1)c1cc(F)ccc1F. The summed E-state index contributed by atoms with van der Waals surface area (Å²) in [6.45, 7) is 0. The van der Waals surface area contributed by atoms with Crippen LogP contribution in [0.25, 0.3) is 0 Å². The van der Waals surface area contributed by atoms with Crippen LogP contribution in [0.5, 0.6) is 0 Å². The van der Waals surface area contributed by atoms with E-state index in [1.807, 2.05) is 0 Å². The molecule has 0 radical (unpaired) electrons. The third kappa shape index (κ3) is 3.27. The number of nitrogens with zero attached hydrogens (tertiary/aromatic N) is 1. The van der Waals surface area contributed by atoms with Crippen molar-refractivity contribution in [2.45, 2.75) is 4.90 Å². The van der Waals surface area contributed by atoms with Crippen LogP contribution >= 0.6 is 15.9 Å². The maximum absolute atomic E-state index is 13.4. The number of benzene rings is 1. The van der Waals surface area contributed by atoms with Gasteiger partial charge < -0.3 is 0 Å². The maximum Gasteiger partial charge on any atom is 0.264 e. The highest BCUT2D eigenvalue weighted by Gasteiger charge is 2.20. The normalized spacial score (nSPS) is 11.3. The monoisotopic (exact) mass is 348 g/mol. The van der Waals surface area contributed by atoms with Crippen molar-refractivity contribution in [3.8, 4) is 0 Å². The molecule has 0 aliphatic carbocycles. The van der Waals surface area contributed by atoms with Crippen LogP contribution in [-0.2, 0) is 10.0 Å². The zero-order valence-corrected chi connectivity index (χ0v) is 11.7. The molecule has 0 bridgehead atoms. The summed E-state index contributed by atoms with van der Waals surface area (Å²) in [4.78, 5) is 3.00. The minimum Gasteiger partial charge on any atom is -0.278 e. The molecule has 2 aromatic rings.